The van der Waals surface area contributed by atoms with Gasteiger partial charge in [-0.15, -0.1) is 0 Å². The van der Waals surface area contributed by atoms with Crippen molar-refractivity contribution in [3.05, 3.63) is 89.7 Å². The molecule has 0 aliphatic carbocycles. The standard InChI is InChI=1S/C29H34FN3O5S/c1-5-18-31-29(35)22(3)32(19-23-8-6-7-9-27(23)30)28(34)20-33(24-12-10-21(2)11-13-24)39(36,37)26-16-14-25(38-4)15-17-26/h6-17,22H,5,18-20H2,1-4H3,(H,31,35). The lowest BCUT2D eigenvalue weighted by atomic mass is 10.1. The van der Waals surface area contributed by atoms with Gasteiger partial charge in [0.2, 0.25) is 11.8 Å². The third kappa shape index (κ3) is 7.35. The number of nitrogens with one attached hydrogen (secondary N) is 1. The van der Waals surface area contributed by atoms with Crippen LogP contribution in [-0.2, 0) is 26.2 Å². The normalized spacial score (nSPS) is 11.9. The Morgan fingerprint density at radius 3 is 2.23 bits per heavy atom. The summed E-state index contributed by atoms with van der Waals surface area (Å²) in [6, 6.07) is 17.5. The van der Waals surface area contributed by atoms with E-state index in [9.17, 15) is 22.4 Å². The number of nitrogens with zero attached hydrogens (tertiary/aromatic N) is 2. The van der Waals surface area contributed by atoms with E-state index < -0.39 is 40.2 Å². The molecule has 0 aliphatic rings. The summed E-state index contributed by atoms with van der Waals surface area (Å²) >= 11 is 0. The maximum atomic E-state index is 14.6. The lowest BCUT2D eigenvalue weighted by molar-refractivity contribution is -0.139. The Kier molecular flexibility index (Phi) is 10.1. The van der Waals surface area contributed by atoms with E-state index in [1.807, 2.05) is 13.8 Å². The Morgan fingerprint density at radius 1 is 1.00 bits per heavy atom. The summed E-state index contributed by atoms with van der Waals surface area (Å²) in [5.74, 6) is -1.12. The molecule has 3 aromatic rings. The second-order valence-electron chi connectivity index (χ2n) is 9.10. The van der Waals surface area contributed by atoms with E-state index in [0.717, 1.165) is 9.87 Å². The molecule has 2 amide bonds. The van der Waals surface area contributed by atoms with Crippen LogP contribution in [-0.4, -0.2) is 51.4 Å². The Morgan fingerprint density at radius 2 is 1.64 bits per heavy atom. The number of carbonyl (C=O) groups is 2. The van der Waals surface area contributed by atoms with Gasteiger partial charge in [-0.25, -0.2) is 12.8 Å². The predicted molar refractivity (Wildman–Crippen MR) is 148 cm³/mol. The highest BCUT2D eigenvalue weighted by Crippen LogP contribution is 2.26. The largest absolute Gasteiger partial charge is 0.497 e. The number of aryl methyl sites for hydroxylation is 1. The molecule has 0 aromatic heterocycles. The topological polar surface area (TPSA) is 96.0 Å². The smallest absolute Gasteiger partial charge is 0.264 e. The molecule has 1 N–H and O–H groups in total. The fourth-order valence-electron chi connectivity index (χ4n) is 3.90. The summed E-state index contributed by atoms with van der Waals surface area (Å²) in [7, 11) is -2.73. The van der Waals surface area contributed by atoms with Crippen molar-refractivity contribution < 1.29 is 27.1 Å². The predicted octanol–water partition coefficient (Wildman–Crippen LogP) is 4.28. The van der Waals surface area contributed by atoms with E-state index in [1.54, 1.807) is 30.3 Å². The van der Waals surface area contributed by atoms with Crippen LogP contribution in [0.5, 0.6) is 5.75 Å². The summed E-state index contributed by atoms with van der Waals surface area (Å²) in [6.45, 7) is 4.90. The van der Waals surface area contributed by atoms with Gasteiger partial charge in [0.1, 0.15) is 24.2 Å². The van der Waals surface area contributed by atoms with E-state index in [1.165, 1.54) is 61.4 Å². The molecule has 0 spiro atoms. The van der Waals surface area contributed by atoms with Gasteiger partial charge in [-0.2, -0.15) is 0 Å². The average molecular weight is 556 g/mol. The molecule has 10 heteroatoms. The molecule has 208 valence electrons. The molecule has 0 aliphatic heterocycles. The molecule has 1 unspecified atom stereocenters. The minimum Gasteiger partial charge on any atom is -0.497 e. The SMILES string of the molecule is CCCNC(=O)C(C)N(Cc1ccccc1F)C(=O)CN(c1ccc(C)cc1)S(=O)(=O)c1ccc(OC)cc1. The summed E-state index contributed by atoms with van der Waals surface area (Å²) in [4.78, 5) is 27.8. The van der Waals surface area contributed by atoms with Crippen LogP contribution in [0.15, 0.2) is 77.7 Å². The van der Waals surface area contributed by atoms with Gasteiger partial charge in [0.25, 0.3) is 10.0 Å². The minimum absolute atomic E-state index is 0.0360. The number of hydrogen-bond acceptors (Lipinski definition) is 5. The first-order valence-electron chi connectivity index (χ1n) is 12.6. The molecule has 1 atom stereocenters. The van der Waals surface area contributed by atoms with Crippen molar-refractivity contribution in [1.29, 1.82) is 0 Å². The maximum Gasteiger partial charge on any atom is 0.264 e. The number of anilines is 1. The highest BCUT2D eigenvalue weighted by molar-refractivity contribution is 7.92. The highest BCUT2D eigenvalue weighted by Gasteiger charge is 2.32. The van der Waals surface area contributed by atoms with Gasteiger partial charge in [0.15, 0.2) is 0 Å². The summed E-state index contributed by atoms with van der Waals surface area (Å²) < 4.78 is 48.3. The molecule has 0 fully saturated rings. The first kappa shape index (κ1) is 29.6. The van der Waals surface area contributed by atoms with Crippen LogP contribution in [0.4, 0.5) is 10.1 Å². The molecule has 3 rings (SSSR count). The van der Waals surface area contributed by atoms with Crippen molar-refractivity contribution in [1.82, 2.24) is 10.2 Å². The number of sulfonamides is 1. The Hall–Kier alpha value is -3.92. The first-order chi connectivity index (χ1) is 18.6. The van der Waals surface area contributed by atoms with Crippen molar-refractivity contribution in [2.24, 2.45) is 0 Å². The fourth-order valence-corrected chi connectivity index (χ4v) is 5.32. The molecule has 0 saturated carbocycles. The number of benzene rings is 3. The quantitative estimate of drug-likeness (QED) is 0.360. The molecule has 39 heavy (non-hydrogen) atoms. The van der Waals surface area contributed by atoms with Crippen LogP contribution in [0.3, 0.4) is 0 Å². The van der Waals surface area contributed by atoms with Crippen molar-refractivity contribution in [2.45, 2.75) is 44.7 Å². The number of amides is 2. The zero-order valence-electron chi connectivity index (χ0n) is 22.6. The van der Waals surface area contributed by atoms with Crippen molar-refractivity contribution >= 4 is 27.5 Å². The number of methoxy groups -OCH3 is 1. The summed E-state index contributed by atoms with van der Waals surface area (Å²) in [5.41, 5.74) is 1.40. The van der Waals surface area contributed by atoms with Crippen LogP contribution in [0.1, 0.15) is 31.4 Å². The lowest BCUT2D eigenvalue weighted by Gasteiger charge is -2.32. The number of halogens is 1. The third-order valence-electron chi connectivity index (χ3n) is 6.26. The van der Waals surface area contributed by atoms with Gasteiger partial charge >= 0.3 is 0 Å². The van der Waals surface area contributed by atoms with E-state index >= 15 is 0 Å². The van der Waals surface area contributed by atoms with Gasteiger partial charge in [-0.05, 0) is 62.7 Å². The van der Waals surface area contributed by atoms with E-state index in [4.69, 9.17) is 4.74 Å². The van der Waals surface area contributed by atoms with Crippen LogP contribution < -0.4 is 14.4 Å². The number of rotatable bonds is 12. The Balaban J connectivity index is 2.02. The summed E-state index contributed by atoms with van der Waals surface area (Å²) in [6.07, 6.45) is 0.695. The number of hydrogen-bond donors (Lipinski definition) is 1. The zero-order valence-corrected chi connectivity index (χ0v) is 23.4. The second-order valence-corrected chi connectivity index (χ2v) is 11.0. The van der Waals surface area contributed by atoms with Crippen LogP contribution in [0.25, 0.3) is 0 Å². The molecular formula is C29H34FN3O5S. The van der Waals surface area contributed by atoms with E-state index in [-0.39, 0.29) is 22.7 Å². The minimum atomic E-state index is -4.21. The molecule has 0 saturated heterocycles. The second kappa shape index (κ2) is 13.2. The first-order valence-corrected chi connectivity index (χ1v) is 14.1. The van der Waals surface area contributed by atoms with Gasteiger partial charge < -0.3 is 15.0 Å². The van der Waals surface area contributed by atoms with Crippen LogP contribution >= 0.6 is 0 Å². The average Bonchev–Trinajstić information content (AvgIpc) is 2.94. The van der Waals surface area contributed by atoms with Crippen LogP contribution in [0, 0.1) is 12.7 Å². The van der Waals surface area contributed by atoms with E-state index in [0.29, 0.717) is 18.7 Å². The number of carbonyl (C=O) groups excluding carboxylic acids is 2. The molecule has 0 radical (unpaired) electrons. The Bertz CT molecular complexity index is 1380. The highest BCUT2D eigenvalue weighted by atomic mass is 32.2. The van der Waals surface area contributed by atoms with Gasteiger partial charge in [0, 0.05) is 18.7 Å². The summed E-state index contributed by atoms with van der Waals surface area (Å²) in [5, 5.41) is 2.76. The van der Waals surface area contributed by atoms with Gasteiger partial charge in [0.05, 0.1) is 17.7 Å². The van der Waals surface area contributed by atoms with Crippen LogP contribution in [0.2, 0.25) is 0 Å². The van der Waals surface area contributed by atoms with Crippen molar-refractivity contribution in [2.75, 3.05) is 24.5 Å². The molecular weight excluding hydrogens is 521 g/mol. The third-order valence-corrected chi connectivity index (χ3v) is 8.05. The van der Waals surface area contributed by atoms with E-state index in [2.05, 4.69) is 5.32 Å². The lowest BCUT2D eigenvalue weighted by Crippen LogP contribution is -2.51. The van der Waals surface area contributed by atoms with Gasteiger partial charge in [-0.1, -0.05) is 42.8 Å². The fraction of sp³-hybridized carbons (Fsp3) is 0.310. The number of ether oxygens (including phenoxy) is 1. The molecule has 3 aromatic carbocycles. The molecule has 0 heterocycles. The Labute approximate surface area is 229 Å². The zero-order chi connectivity index (χ0) is 28.6. The monoisotopic (exact) mass is 555 g/mol. The maximum absolute atomic E-state index is 14.6. The molecule has 0 bridgehead atoms. The molecule has 8 nitrogen and oxygen atoms in total. The van der Waals surface area contributed by atoms with Crippen molar-refractivity contribution in [3.8, 4) is 5.75 Å². The van der Waals surface area contributed by atoms with Gasteiger partial charge in [-0.3, -0.25) is 13.9 Å². The van der Waals surface area contributed by atoms with Crippen molar-refractivity contribution in [3.63, 3.8) is 0 Å².